The molecule has 3 rings (SSSR count). The number of ether oxygens (including phenoxy) is 3. The van der Waals surface area contributed by atoms with Crippen LogP contribution in [-0.2, 0) is 4.74 Å². The number of aliphatic hydroxyl groups is 4. The molecule has 0 saturated carbocycles. The third-order valence-electron chi connectivity index (χ3n) is 6.27. The fourth-order valence-electron chi connectivity index (χ4n) is 4.43. The van der Waals surface area contributed by atoms with E-state index in [-0.39, 0.29) is 28.2 Å². The van der Waals surface area contributed by atoms with Gasteiger partial charge in [-0.1, -0.05) is 32.3 Å². The highest BCUT2D eigenvalue weighted by Gasteiger charge is 2.47. The van der Waals surface area contributed by atoms with E-state index >= 15 is 0 Å². The van der Waals surface area contributed by atoms with E-state index in [1.165, 1.54) is 20.1 Å². The molecule has 34 heavy (non-hydrogen) atoms. The van der Waals surface area contributed by atoms with Gasteiger partial charge in [-0.2, -0.15) is 0 Å². The molecule has 0 bridgehead atoms. The van der Waals surface area contributed by atoms with Gasteiger partial charge in [0, 0.05) is 6.07 Å². The average Bonchev–Trinajstić information content (AvgIpc) is 2.78. The summed E-state index contributed by atoms with van der Waals surface area (Å²) in [6.45, 7) is 5.07. The summed E-state index contributed by atoms with van der Waals surface area (Å²) in [5.74, 6) is -0.191. The number of carbonyl (C=O) groups is 1. The molecule has 1 heterocycles. The van der Waals surface area contributed by atoms with Gasteiger partial charge in [0.15, 0.2) is 5.78 Å². The van der Waals surface area contributed by atoms with Gasteiger partial charge in [-0.15, -0.1) is 0 Å². The van der Waals surface area contributed by atoms with Crippen LogP contribution in [-0.4, -0.2) is 75.2 Å². The number of unbranched alkanes of at least 4 members (excludes halogenated alkanes) is 2. The molecular formula is C25H34O9. The third-order valence-corrected chi connectivity index (χ3v) is 6.27. The van der Waals surface area contributed by atoms with E-state index in [9.17, 15) is 30.3 Å². The zero-order valence-corrected chi connectivity index (χ0v) is 19.9. The van der Waals surface area contributed by atoms with Gasteiger partial charge in [-0.25, -0.2) is 0 Å². The Hall–Kier alpha value is -2.43. The summed E-state index contributed by atoms with van der Waals surface area (Å²) in [5.41, 5.74) is 0.701. The highest BCUT2D eigenvalue weighted by Crippen LogP contribution is 2.42. The molecule has 0 aromatic heterocycles. The summed E-state index contributed by atoms with van der Waals surface area (Å²) in [6, 6.07) is 4.83. The number of phenols is 1. The van der Waals surface area contributed by atoms with Crippen LogP contribution in [0.4, 0.5) is 0 Å². The summed E-state index contributed by atoms with van der Waals surface area (Å²) in [6.07, 6.45) is -5.67. The van der Waals surface area contributed by atoms with Crippen molar-refractivity contribution >= 4 is 16.6 Å². The van der Waals surface area contributed by atoms with Gasteiger partial charge in [0.1, 0.15) is 41.7 Å². The van der Waals surface area contributed by atoms with Gasteiger partial charge in [0.25, 0.3) is 0 Å². The summed E-state index contributed by atoms with van der Waals surface area (Å²) >= 11 is 0. The van der Waals surface area contributed by atoms with Crippen molar-refractivity contribution in [1.29, 1.82) is 0 Å². The number of phenolic OH excluding ortho intramolecular Hbond substituents is 1. The topological polar surface area (TPSA) is 146 Å². The zero-order valence-electron chi connectivity index (χ0n) is 19.9. The van der Waals surface area contributed by atoms with E-state index in [4.69, 9.17) is 14.2 Å². The second-order valence-corrected chi connectivity index (χ2v) is 8.82. The van der Waals surface area contributed by atoms with Crippen molar-refractivity contribution in [3.05, 3.63) is 29.3 Å². The maximum atomic E-state index is 12.1. The van der Waals surface area contributed by atoms with Crippen LogP contribution in [0, 0.1) is 6.92 Å². The van der Waals surface area contributed by atoms with E-state index in [2.05, 4.69) is 0 Å². The molecule has 6 atom stereocenters. The molecule has 0 radical (unpaired) electrons. The van der Waals surface area contributed by atoms with Gasteiger partial charge in [0.2, 0.25) is 6.29 Å². The maximum Gasteiger partial charge on any atom is 0.229 e. The fraction of sp³-hybridized carbons (Fsp3) is 0.560. The van der Waals surface area contributed by atoms with E-state index in [0.717, 1.165) is 12.8 Å². The number of fused-ring (bicyclic) bond motifs is 1. The molecular weight excluding hydrogens is 444 g/mol. The molecule has 2 aromatic rings. The first kappa shape index (κ1) is 26.2. The van der Waals surface area contributed by atoms with Crippen molar-refractivity contribution in [2.75, 3.05) is 7.11 Å². The molecule has 1 fully saturated rings. The summed E-state index contributed by atoms with van der Waals surface area (Å²) in [5, 5.41) is 53.6. The average molecular weight is 479 g/mol. The van der Waals surface area contributed by atoms with Crippen molar-refractivity contribution in [3.63, 3.8) is 0 Å². The fourth-order valence-corrected chi connectivity index (χ4v) is 4.43. The number of rotatable bonds is 9. The number of ketones is 1. The molecule has 9 heteroatoms. The second-order valence-electron chi connectivity index (χ2n) is 8.82. The van der Waals surface area contributed by atoms with Gasteiger partial charge >= 0.3 is 0 Å². The number of benzene rings is 2. The minimum absolute atomic E-state index is 0.0428. The molecule has 188 valence electrons. The van der Waals surface area contributed by atoms with Gasteiger partial charge in [-0.3, -0.25) is 4.79 Å². The van der Waals surface area contributed by atoms with Crippen LogP contribution in [0.15, 0.2) is 18.2 Å². The van der Waals surface area contributed by atoms with Crippen LogP contribution in [0.3, 0.4) is 0 Å². The highest BCUT2D eigenvalue weighted by molar-refractivity contribution is 6.07. The number of aromatic hydroxyl groups is 1. The first-order valence-corrected chi connectivity index (χ1v) is 11.5. The number of aryl methyl sites for hydroxylation is 1. The quantitative estimate of drug-likeness (QED) is 0.270. The Labute approximate surface area is 198 Å². The highest BCUT2D eigenvalue weighted by atomic mass is 16.7. The Morgan fingerprint density at radius 1 is 1.12 bits per heavy atom. The van der Waals surface area contributed by atoms with Crippen LogP contribution in [0.5, 0.6) is 17.2 Å². The Kier molecular flexibility index (Phi) is 8.38. The van der Waals surface area contributed by atoms with E-state index in [1.807, 2.05) is 6.92 Å². The predicted octanol–water partition coefficient (Wildman–Crippen LogP) is 2.19. The molecule has 0 spiro atoms. The van der Waals surface area contributed by atoms with Gasteiger partial charge in [0.05, 0.1) is 24.2 Å². The Bertz CT molecular complexity index is 1020. The smallest absolute Gasteiger partial charge is 0.229 e. The van der Waals surface area contributed by atoms with Crippen molar-refractivity contribution in [2.45, 2.75) is 83.3 Å². The van der Waals surface area contributed by atoms with Crippen LogP contribution in [0.2, 0.25) is 0 Å². The molecule has 2 aromatic carbocycles. The standard InChI is InChI=1S/C25H34O9/c1-5-6-7-8-16(27)24-22(30)21(29)23(31)25(34-24)33-17-11-15(32-4)10-14-9-12(2)18(13(3)26)20(28)19(14)17/h9-11,16,21-25,27-31H,5-8H2,1-4H3/t16-,21-,22-,23+,24-,25-/m0/s1. The predicted molar refractivity (Wildman–Crippen MR) is 124 cm³/mol. The molecule has 9 nitrogen and oxygen atoms in total. The Balaban J connectivity index is 2.00. The summed E-state index contributed by atoms with van der Waals surface area (Å²) in [7, 11) is 1.45. The lowest BCUT2D eigenvalue weighted by Gasteiger charge is -2.42. The molecule has 1 aliphatic heterocycles. The van der Waals surface area contributed by atoms with Crippen molar-refractivity contribution < 1.29 is 44.5 Å². The Morgan fingerprint density at radius 2 is 1.82 bits per heavy atom. The van der Waals surface area contributed by atoms with E-state index in [1.54, 1.807) is 19.1 Å². The molecule has 0 aliphatic carbocycles. The molecule has 1 aliphatic rings. The molecule has 5 N–H and O–H groups in total. The SMILES string of the molecule is CCCCC[C@H](O)[C@@H]1O[C@H](Oc2cc(OC)cc3cc(C)c(C(C)=O)c(O)c23)[C@H](O)[C@@H](O)[C@@H]1O. The lowest BCUT2D eigenvalue weighted by Crippen LogP contribution is -2.62. The van der Waals surface area contributed by atoms with E-state index in [0.29, 0.717) is 29.5 Å². The molecule has 0 unspecified atom stereocenters. The minimum Gasteiger partial charge on any atom is -0.506 e. The van der Waals surface area contributed by atoms with E-state index < -0.39 is 36.8 Å². The number of aliphatic hydroxyl groups excluding tert-OH is 4. The lowest BCUT2D eigenvalue weighted by molar-refractivity contribution is -0.288. The maximum absolute atomic E-state index is 12.1. The van der Waals surface area contributed by atoms with Crippen LogP contribution in [0.25, 0.3) is 10.8 Å². The normalized spacial score (nSPS) is 25.8. The first-order chi connectivity index (χ1) is 16.1. The van der Waals surface area contributed by atoms with Gasteiger partial charge in [-0.05, 0) is 37.3 Å². The van der Waals surface area contributed by atoms with Crippen molar-refractivity contribution in [3.8, 4) is 17.2 Å². The first-order valence-electron chi connectivity index (χ1n) is 11.5. The molecule has 1 saturated heterocycles. The van der Waals surface area contributed by atoms with Crippen molar-refractivity contribution in [1.82, 2.24) is 0 Å². The molecule has 0 amide bonds. The minimum atomic E-state index is -1.64. The van der Waals surface area contributed by atoms with Crippen LogP contribution < -0.4 is 9.47 Å². The number of hydrogen-bond donors (Lipinski definition) is 5. The van der Waals surface area contributed by atoms with Crippen molar-refractivity contribution in [2.24, 2.45) is 0 Å². The number of methoxy groups -OCH3 is 1. The summed E-state index contributed by atoms with van der Waals surface area (Å²) < 4.78 is 16.9. The third kappa shape index (κ3) is 5.13. The van der Waals surface area contributed by atoms with Gasteiger partial charge < -0.3 is 39.7 Å². The lowest BCUT2D eigenvalue weighted by atomic mass is 9.93. The van der Waals surface area contributed by atoms with Crippen LogP contribution in [0.1, 0.15) is 55.5 Å². The number of carbonyl (C=O) groups excluding carboxylic acids is 1. The largest absolute Gasteiger partial charge is 0.506 e. The number of Topliss-reactive ketones (excluding diaryl/α,β-unsaturated/α-hetero) is 1. The monoisotopic (exact) mass is 478 g/mol. The second kappa shape index (κ2) is 10.9. The Morgan fingerprint density at radius 3 is 2.44 bits per heavy atom. The zero-order chi connectivity index (χ0) is 25.2. The van der Waals surface area contributed by atoms with Crippen LogP contribution >= 0.6 is 0 Å². The number of hydrogen-bond acceptors (Lipinski definition) is 9. The summed E-state index contributed by atoms with van der Waals surface area (Å²) in [4.78, 5) is 12.1.